The summed E-state index contributed by atoms with van der Waals surface area (Å²) in [6, 6.07) is 8.43. The second-order valence-corrected chi connectivity index (χ2v) is 6.72. The van der Waals surface area contributed by atoms with Crippen LogP contribution in [0.15, 0.2) is 30.6 Å². The molecule has 0 saturated carbocycles. The maximum Gasteiger partial charge on any atom is 0.230 e. The van der Waals surface area contributed by atoms with Crippen molar-refractivity contribution in [3.8, 4) is 5.88 Å². The molecule has 2 aromatic heterocycles. The van der Waals surface area contributed by atoms with Gasteiger partial charge in [-0.15, -0.1) is 0 Å². The SMILES string of the molecule is Cc1cccc(C(c2sc3ncnn3c2O)N2CCOCC2)c1. The van der Waals surface area contributed by atoms with Gasteiger partial charge in [0, 0.05) is 13.1 Å². The molecule has 1 fully saturated rings. The second-order valence-electron chi connectivity index (χ2n) is 5.71. The minimum absolute atomic E-state index is 0.00713. The van der Waals surface area contributed by atoms with Gasteiger partial charge in [0.25, 0.3) is 0 Å². The Hall–Kier alpha value is -1.96. The molecule has 1 saturated heterocycles. The van der Waals surface area contributed by atoms with Crippen LogP contribution in [0, 0.1) is 6.92 Å². The third kappa shape index (κ3) is 2.60. The van der Waals surface area contributed by atoms with Crippen LogP contribution in [0.5, 0.6) is 5.88 Å². The monoisotopic (exact) mass is 330 g/mol. The number of hydrogen-bond acceptors (Lipinski definition) is 6. The fraction of sp³-hybridized carbons (Fsp3) is 0.375. The molecule has 120 valence electrons. The summed E-state index contributed by atoms with van der Waals surface area (Å²) in [6.45, 7) is 5.19. The summed E-state index contributed by atoms with van der Waals surface area (Å²) in [4.78, 5) is 8.15. The first-order valence-electron chi connectivity index (χ1n) is 7.64. The molecule has 0 aliphatic carbocycles. The summed E-state index contributed by atoms with van der Waals surface area (Å²) in [5.41, 5.74) is 2.38. The Morgan fingerprint density at radius 3 is 2.87 bits per heavy atom. The van der Waals surface area contributed by atoms with Crippen molar-refractivity contribution in [3.63, 3.8) is 0 Å². The smallest absolute Gasteiger partial charge is 0.230 e. The van der Waals surface area contributed by atoms with Crippen molar-refractivity contribution in [1.29, 1.82) is 0 Å². The van der Waals surface area contributed by atoms with Crippen LogP contribution in [-0.4, -0.2) is 50.9 Å². The molecule has 3 heterocycles. The predicted molar refractivity (Wildman–Crippen MR) is 87.9 cm³/mol. The zero-order valence-electron chi connectivity index (χ0n) is 12.8. The van der Waals surface area contributed by atoms with Gasteiger partial charge in [-0.2, -0.15) is 9.61 Å². The molecule has 1 unspecified atom stereocenters. The summed E-state index contributed by atoms with van der Waals surface area (Å²) in [6.07, 6.45) is 1.46. The molecule has 23 heavy (non-hydrogen) atoms. The van der Waals surface area contributed by atoms with E-state index in [4.69, 9.17) is 4.74 Å². The van der Waals surface area contributed by atoms with E-state index in [9.17, 15) is 5.11 Å². The number of aryl methyl sites for hydroxylation is 1. The summed E-state index contributed by atoms with van der Waals surface area (Å²) in [5.74, 6) is 0.181. The van der Waals surface area contributed by atoms with Crippen molar-refractivity contribution in [3.05, 3.63) is 46.6 Å². The Morgan fingerprint density at radius 1 is 1.30 bits per heavy atom. The van der Waals surface area contributed by atoms with E-state index >= 15 is 0 Å². The molecule has 3 aromatic rings. The number of fused-ring (bicyclic) bond motifs is 1. The van der Waals surface area contributed by atoms with Gasteiger partial charge in [-0.3, -0.25) is 4.90 Å². The highest BCUT2D eigenvalue weighted by molar-refractivity contribution is 7.17. The van der Waals surface area contributed by atoms with E-state index in [-0.39, 0.29) is 11.9 Å². The molecule has 6 nitrogen and oxygen atoms in total. The van der Waals surface area contributed by atoms with E-state index in [1.54, 1.807) is 0 Å². The van der Waals surface area contributed by atoms with Gasteiger partial charge < -0.3 is 9.84 Å². The topological polar surface area (TPSA) is 62.9 Å². The number of morpholine rings is 1. The van der Waals surface area contributed by atoms with Gasteiger partial charge in [0.05, 0.1) is 24.1 Å². The summed E-state index contributed by atoms with van der Waals surface area (Å²) < 4.78 is 6.99. The largest absolute Gasteiger partial charge is 0.492 e. The molecule has 1 aliphatic heterocycles. The number of aromatic hydroxyl groups is 1. The number of ether oxygens (including phenoxy) is 1. The zero-order valence-corrected chi connectivity index (χ0v) is 13.7. The van der Waals surface area contributed by atoms with Crippen LogP contribution in [0.2, 0.25) is 0 Å². The lowest BCUT2D eigenvalue weighted by atomic mass is 10.0. The van der Waals surface area contributed by atoms with E-state index < -0.39 is 0 Å². The van der Waals surface area contributed by atoms with Crippen LogP contribution in [0.1, 0.15) is 22.0 Å². The van der Waals surface area contributed by atoms with Crippen molar-refractivity contribution in [2.75, 3.05) is 26.3 Å². The highest BCUT2D eigenvalue weighted by Gasteiger charge is 2.30. The molecule has 0 amide bonds. The normalized spacial score (nSPS) is 17.6. The highest BCUT2D eigenvalue weighted by atomic mass is 32.1. The van der Waals surface area contributed by atoms with Gasteiger partial charge in [-0.05, 0) is 12.5 Å². The molecule has 1 N–H and O–H groups in total. The van der Waals surface area contributed by atoms with Crippen LogP contribution >= 0.6 is 11.3 Å². The van der Waals surface area contributed by atoms with Crippen LogP contribution < -0.4 is 0 Å². The van der Waals surface area contributed by atoms with Gasteiger partial charge in [-0.25, -0.2) is 4.98 Å². The highest BCUT2D eigenvalue weighted by Crippen LogP contribution is 2.39. The standard InChI is InChI=1S/C16H18N4O2S/c1-11-3-2-4-12(9-11)13(19-5-7-22-8-6-19)14-15(21)20-16(23-14)17-10-18-20/h2-4,9-10,13,21H,5-8H2,1H3. The van der Waals surface area contributed by atoms with Crippen LogP contribution in [-0.2, 0) is 4.74 Å². The first-order valence-corrected chi connectivity index (χ1v) is 8.45. The summed E-state index contributed by atoms with van der Waals surface area (Å²) >= 11 is 1.49. The Balaban J connectivity index is 1.83. The average molecular weight is 330 g/mol. The molecule has 0 bridgehead atoms. The second kappa shape index (κ2) is 5.92. The average Bonchev–Trinajstić information content (AvgIpc) is 3.13. The van der Waals surface area contributed by atoms with E-state index in [1.165, 1.54) is 33.3 Å². The molecular weight excluding hydrogens is 312 g/mol. The molecule has 1 atom stereocenters. The number of rotatable bonds is 3. The fourth-order valence-corrected chi connectivity index (χ4v) is 4.17. The van der Waals surface area contributed by atoms with Crippen molar-refractivity contribution >= 4 is 16.3 Å². The Morgan fingerprint density at radius 2 is 2.13 bits per heavy atom. The summed E-state index contributed by atoms with van der Waals surface area (Å²) in [5, 5.41) is 14.7. The molecule has 7 heteroatoms. The zero-order chi connectivity index (χ0) is 15.8. The Labute approximate surface area is 138 Å². The van der Waals surface area contributed by atoms with E-state index in [1.807, 2.05) is 0 Å². The number of thiazole rings is 1. The van der Waals surface area contributed by atoms with Crippen LogP contribution in [0.3, 0.4) is 0 Å². The van der Waals surface area contributed by atoms with Crippen molar-refractivity contribution in [2.24, 2.45) is 0 Å². The van der Waals surface area contributed by atoms with E-state index in [0.717, 1.165) is 18.0 Å². The lowest BCUT2D eigenvalue weighted by molar-refractivity contribution is 0.0241. The molecular formula is C16H18N4O2S. The Bertz CT molecular complexity index is 822. The van der Waals surface area contributed by atoms with Crippen molar-refractivity contribution < 1.29 is 9.84 Å². The van der Waals surface area contributed by atoms with E-state index in [0.29, 0.717) is 18.2 Å². The van der Waals surface area contributed by atoms with Crippen LogP contribution in [0.4, 0.5) is 0 Å². The van der Waals surface area contributed by atoms with Gasteiger partial charge in [-0.1, -0.05) is 41.2 Å². The number of aromatic nitrogens is 3. The minimum Gasteiger partial charge on any atom is -0.492 e. The maximum atomic E-state index is 10.6. The molecule has 4 rings (SSSR count). The number of nitrogens with zero attached hydrogens (tertiary/aromatic N) is 4. The number of benzene rings is 1. The molecule has 1 aromatic carbocycles. The molecule has 0 radical (unpaired) electrons. The quantitative estimate of drug-likeness (QED) is 0.798. The van der Waals surface area contributed by atoms with Crippen molar-refractivity contribution in [1.82, 2.24) is 19.5 Å². The van der Waals surface area contributed by atoms with Gasteiger partial charge in [0.1, 0.15) is 6.33 Å². The third-order valence-corrected chi connectivity index (χ3v) is 5.24. The van der Waals surface area contributed by atoms with E-state index in [2.05, 4.69) is 46.2 Å². The lowest BCUT2D eigenvalue weighted by Crippen LogP contribution is -2.39. The number of hydrogen-bond donors (Lipinski definition) is 1. The summed E-state index contributed by atoms with van der Waals surface area (Å²) in [7, 11) is 0. The lowest BCUT2D eigenvalue weighted by Gasteiger charge is -2.34. The first-order chi connectivity index (χ1) is 11.2. The van der Waals surface area contributed by atoms with Crippen molar-refractivity contribution in [2.45, 2.75) is 13.0 Å². The molecule has 1 aliphatic rings. The van der Waals surface area contributed by atoms with Gasteiger partial charge in [0.15, 0.2) is 0 Å². The fourth-order valence-electron chi connectivity index (χ4n) is 3.08. The third-order valence-electron chi connectivity index (χ3n) is 4.16. The first kappa shape index (κ1) is 14.6. The molecule has 0 spiro atoms. The van der Waals surface area contributed by atoms with Crippen LogP contribution in [0.25, 0.3) is 4.96 Å². The van der Waals surface area contributed by atoms with Gasteiger partial charge >= 0.3 is 0 Å². The van der Waals surface area contributed by atoms with Gasteiger partial charge in [0.2, 0.25) is 10.8 Å². The maximum absolute atomic E-state index is 10.6. The minimum atomic E-state index is -0.00713. The Kier molecular flexibility index (Phi) is 3.76. The predicted octanol–water partition coefficient (Wildman–Crippen LogP) is 2.23.